The van der Waals surface area contributed by atoms with E-state index in [0.717, 1.165) is 17.6 Å². The zero-order chi connectivity index (χ0) is 10.7. The van der Waals surface area contributed by atoms with Crippen LogP contribution in [0.15, 0.2) is 22.8 Å². The van der Waals surface area contributed by atoms with Crippen LogP contribution in [0.4, 0.5) is 0 Å². The molecule has 2 heterocycles. The molecule has 0 aliphatic carbocycles. The molecule has 1 fully saturated rings. The van der Waals surface area contributed by atoms with Crippen molar-refractivity contribution >= 4 is 21.8 Å². The topological polar surface area (TPSA) is 49.2 Å². The fraction of sp³-hybridized carbons (Fsp3) is 0.400. The van der Waals surface area contributed by atoms with E-state index in [2.05, 4.69) is 20.9 Å². The number of hydrogen-bond acceptors (Lipinski definition) is 3. The molecule has 0 spiro atoms. The van der Waals surface area contributed by atoms with Crippen molar-refractivity contribution in [3.63, 3.8) is 0 Å². The van der Waals surface area contributed by atoms with Crippen LogP contribution in [0.3, 0.4) is 0 Å². The second-order valence-electron chi connectivity index (χ2n) is 3.31. The van der Waals surface area contributed by atoms with Crippen LogP contribution in [0.25, 0.3) is 0 Å². The second-order valence-corrected chi connectivity index (χ2v) is 4.23. The molecule has 1 saturated heterocycles. The standard InChI is InChI=1S/C10H12BrN3O/c11-8-1-2-9(13-7-8)10(12)14-3-5-15-6-4-14/h1-2,7,12H,3-6H2. The molecule has 0 saturated carbocycles. The van der Waals surface area contributed by atoms with Gasteiger partial charge in [-0.1, -0.05) is 0 Å². The van der Waals surface area contributed by atoms with Crippen LogP contribution >= 0.6 is 15.9 Å². The normalized spacial score (nSPS) is 16.5. The molecule has 1 aromatic heterocycles. The predicted molar refractivity (Wildman–Crippen MR) is 61.2 cm³/mol. The lowest BCUT2D eigenvalue weighted by Gasteiger charge is -2.28. The number of rotatable bonds is 1. The summed E-state index contributed by atoms with van der Waals surface area (Å²) in [5, 5.41) is 7.99. The van der Waals surface area contributed by atoms with Gasteiger partial charge in [-0.25, -0.2) is 0 Å². The van der Waals surface area contributed by atoms with Crippen LogP contribution in [0.1, 0.15) is 5.69 Å². The van der Waals surface area contributed by atoms with Gasteiger partial charge in [0.05, 0.1) is 13.2 Å². The van der Waals surface area contributed by atoms with Crippen molar-refractivity contribution < 1.29 is 4.74 Å². The molecule has 1 aliphatic heterocycles. The minimum atomic E-state index is 0.478. The van der Waals surface area contributed by atoms with E-state index in [1.165, 1.54) is 0 Å². The molecule has 1 aliphatic rings. The van der Waals surface area contributed by atoms with Gasteiger partial charge in [0.15, 0.2) is 0 Å². The Bertz CT molecular complexity index is 346. The monoisotopic (exact) mass is 269 g/mol. The summed E-state index contributed by atoms with van der Waals surface area (Å²) < 4.78 is 6.17. The SMILES string of the molecule is N=C(c1ccc(Br)cn1)N1CCOCC1. The van der Waals surface area contributed by atoms with E-state index >= 15 is 0 Å². The minimum Gasteiger partial charge on any atom is -0.378 e. The van der Waals surface area contributed by atoms with Gasteiger partial charge in [0.2, 0.25) is 0 Å². The van der Waals surface area contributed by atoms with Gasteiger partial charge in [0, 0.05) is 23.8 Å². The molecule has 1 aromatic rings. The lowest BCUT2D eigenvalue weighted by molar-refractivity contribution is 0.0679. The highest BCUT2D eigenvalue weighted by Crippen LogP contribution is 2.10. The Balaban J connectivity index is 2.09. The van der Waals surface area contributed by atoms with Crippen molar-refractivity contribution in [2.24, 2.45) is 0 Å². The average molecular weight is 270 g/mol. The van der Waals surface area contributed by atoms with E-state index in [9.17, 15) is 0 Å². The minimum absolute atomic E-state index is 0.478. The quantitative estimate of drug-likeness (QED) is 0.621. The van der Waals surface area contributed by atoms with Crippen molar-refractivity contribution in [1.82, 2.24) is 9.88 Å². The number of nitrogens with zero attached hydrogens (tertiary/aromatic N) is 2. The smallest absolute Gasteiger partial charge is 0.147 e. The third kappa shape index (κ3) is 2.54. The van der Waals surface area contributed by atoms with E-state index < -0.39 is 0 Å². The van der Waals surface area contributed by atoms with Gasteiger partial charge in [-0.05, 0) is 28.1 Å². The average Bonchev–Trinajstić information content (AvgIpc) is 2.30. The van der Waals surface area contributed by atoms with Gasteiger partial charge in [-0.15, -0.1) is 0 Å². The van der Waals surface area contributed by atoms with Crippen LogP contribution in [0.5, 0.6) is 0 Å². The molecule has 0 atom stereocenters. The first-order chi connectivity index (χ1) is 7.27. The molecular weight excluding hydrogens is 258 g/mol. The van der Waals surface area contributed by atoms with Gasteiger partial charge in [0.25, 0.3) is 0 Å². The van der Waals surface area contributed by atoms with Crippen molar-refractivity contribution in [1.29, 1.82) is 5.41 Å². The number of hydrogen-bond donors (Lipinski definition) is 1. The number of morpholine rings is 1. The molecule has 0 radical (unpaired) electrons. The van der Waals surface area contributed by atoms with E-state index in [4.69, 9.17) is 10.1 Å². The Labute approximate surface area is 96.9 Å². The Morgan fingerprint density at radius 1 is 1.40 bits per heavy atom. The molecule has 80 valence electrons. The molecule has 4 nitrogen and oxygen atoms in total. The van der Waals surface area contributed by atoms with E-state index in [1.807, 2.05) is 17.0 Å². The van der Waals surface area contributed by atoms with Crippen LogP contribution in [0.2, 0.25) is 0 Å². The molecule has 2 rings (SSSR count). The number of nitrogens with one attached hydrogen (secondary N) is 1. The summed E-state index contributed by atoms with van der Waals surface area (Å²) in [6.07, 6.45) is 1.71. The summed E-state index contributed by atoms with van der Waals surface area (Å²) in [4.78, 5) is 6.19. The molecule has 0 bridgehead atoms. The fourth-order valence-electron chi connectivity index (χ4n) is 1.46. The molecule has 15 heavy (non-hydrogen) atoms. The third-order valence-corrected chi connectivity index (χ3v) is 2.77. The van der Waals surface area contributed by atoms with Gasteiger partial charge in [-0.2, -0.15) is 0 Å². The first-order valence-corrected chi connectivity index (χ1v) is 5.60. The maximum Gasteiger partial charge on any atom is 0.147 e. The van der Waals surface area contributed by atoms with E-state index in [0.29, 0.717) is 24.7 Å². The lowest BCUT2D eigenvalue weighted by atomic mass is 10.3. The predicted octanol–water partition coefficient (Wildman–Crippen LogP) is 1.50. The van der Waals surface area contributed by atoms with Crippen molar-refractivity contribution in [3.05, 3.63) is 28.5 Å². The van der Waals surface area contributed by atoms with Crippen LogP contribution in [-0.2, 0) is 4.74 Å². The summed E-state index contributed by atoms with van der Waals surface area (Å²) in [7, 11) is 0. The second kappa shape index (κ2) is 4.72. The summed E-state index contributed by atoms with van der Waals surface area (Å²) in [5.41, 5.74) is 0.708. The highest BCUT2D eigenvalue weighted by atomic mass is 79.9. The summed E-state index contributed by atoms with van der Waals surface area (Å²) >= 11 is 3.32. The van der Waals surface area contributed by atoms with E-state index in [1.54, 1.807) is 6.20 Å². The Morgan fingerprint density at radius 2 is 2.13 bits per heavy atom. The molecule has 0 amide bonds. The highest BCUT2D eigenvalue weighted by molar-refractivity contribution is 9.10. The van der Waals surface area contributed by atoms with Crippen molar-refractivity contribution in [3.8, 4) is 0 Å². The Kier molecular flexibility index (Phi) is 3.33. The first-order valence-electron chi connectivity index (χ1n) is 4.80. The largest absolute Gasteiger partial charge is 0.378 e. The van der Waals surface area contributed by atoms with Gasteiger partial charge in [0.1, 0.15) is 11.5 Å². The maximum absolute atomic E-state index is 7.99. The number of halogens is 1. The van der Waals surface area contributed by atoms with Gasteiger partial charge >= 0.3 is 0 Å². The van der Waals surface area contributed by atoms with Crippen LogP contribution in [-0.4, -0.2) is 42.0 Å². The van der Waals surface area contributed by atoms with Gasteiger partial charge in [-0.3, -0.25) is 10.4 Å². The summed E-state index contributed by atoms with van der Waals surface area (Å²) in [5.74, 6) is 0.478. The number of pyridine rings is 1. The zero-order valence-corrected chi connectivity index (χ0v) is 9.83. The molecular formula is C10H12BrN3O. The molecule has 0 aromatic carbocycles. The van der Waals surface area contributed by atoms with Crippen LogP contribution < -0.4 is 0 Å². The van der Waals surface area contributed by atoms with Crippen molar-refractivity contribution in [2.75, 3.05) is 26.3 Å². The van der Waals surface area contributed by atoms with Gasteiger partial charge < -0.3 is 9.64 Å². The zero-order valence-electron chi connectivity index (χ0n) is 8.24. The number of aromatic nitrogens is 1. The third-order valence-electron chi connectivity index (χ3n) is 2.30. The van der Waals surface area contributed by atoms with E-state index in [-0.39, 0.29) is 0 Å². The molecule has 1 N–H and O–H groups in total. The number of amidine groups is 1. The number of ether oxygens (including phenoxy) is 1. The molecule has 5 heteroatoms. The molecule has 0 unspecified atom stereocenters. The summed E-state index contributed by atoms with van der Waals surface area (Å²) in [6.45, 7) is 2.94. The first kappa shape index (κ1) is 10.6. The maximum atomic E-state index is 7.99. The van der Waals surface area contributed by atoms with Crippen LogP contribution in [0, 0.1) is 5.41 Å². The Morgan fingerprint density at radius 3 is 2.73 bits per heavy atom. The Hall–Kier alpha value is -0.940. The highest BCUT2D eigenvalue weighted by Gasteiger charge is 2.15. The lowest BCUT2D eigenvalue weighted by Crippen LogP contribution is -2.41. The summed E-state index contributed by atoms with van der Waals surface area (Å²) in [6, 6.07) is 3.75. The fourth-order valence-corrected chi connectivity index (χ4v) is 1.70. The van der Waals surface area contributed by atoms with Crippen molar-refractivity contribution in [2.45, 2.75) is 0 Å².